The van der Waals surface area contributed by atoms with E-state index < -0.39 is 0 Å². The summed E-state index contributed by atoms with van der Waals surface area (Å²) in [7, 11) is 0. The molecule has 0 aliphatic heterocycles. The van der Waals surface area contributed by atoms with Gasteiger partial charge in [-0.15, -0.1) is 0 Å². The molecule has 0 heterocycles. The predicted molar refractivity (Wildman–Crippen MR) is 94.6 cm³/mol. The Morgan fingerprint density at radius 1 is 0.957 bits per heavy atom. The van der Waals surface area contributed by atoms with Crippen LogP contribution in [0, 0.1) is 5.92 Å². The summed E-state index contributed by atoms with van der Waals surface area (Å²) in [5, 5.41) is 5.04. The van der Waals surface area contributed by atoms with Crippen molar-refractivity contribution in [2.75, 3.05) is 6.54 Å². The van der Waals surface area contributed by atoms with Gasteiger partial charge in [-0.3, -0.25) is 9.59 Å². The molecule has 2 aromatic carbocycles. The van der Waals surface area contributed by atoms with Crippen molar-refractivity contribution >= 4 is 22.5 Å². The molecular formula is C20H25NO2. The molecule has 3 nitrogen and oxygen atoms in total. The quantitative estimate of drug-likeness (QED) is 0.736. The second-order valence-electron chi connectivity index (χ2n) is 6.21. The molecule has 1 amide bonds. The van der Waals surface area contributed by atoms with Gasteiger partial charge < -0.3 is 5.32 Å². The normalized spacial score (nSPS) is 10.9. The third-order valence-corrected chi connectivity index (χ3v) is 4.06. The van der Waals surface area contributed by atoms with Crippen LogP contribution in [0.4, 0.5) is 0 Å². The number of hydrogen-bond acceptors (Lipinski definition) is 2. The maximum atomic E-state index is 12.3. The Morgan fingerprint density at radius 3 is 2.48 bits per heavy atom. The molecule has 1 N–H and O–H groups in total. The standard InChI is InChI=1S/C20H25NO2/c1-15(2)19(22)13-4-3-7-14-21-20(23)18-12-8-10-16-9-5-6-11-17(16)18/h5-6,8-12,15H,3-4,7,13-14H2,1-2H3,(H,21,23). The summed E-state index contributed by atoms with van der Waals surface area (Å²) >= 11 is 0. The summed E-state index contributed by atoms with van der Waals surface area (Å²) in [4.78, 5) is 23.8. The van der Waals surface area contributed by atoms with Crippen LogP contribution in [0.5, 0.6) is 0 Å². The van der Waals surface area contributed by atoms with Crippen molar-refractivity contribution in [1.29, 1.82) is 0 Å². The van der Waals surface area contributed by atoms with Crippen molar-refractivity contribution in [2.45, 2.75) is 39.5 Å². The minimum Gasteiger partial charge on any atom is -0.352 e. The zero-order valence-electron chi connectivity index (χ0n) is 14.0. The monoisotopic (exact) mass is 311 g/mol. The fourth-order valence-corrected chi connectivity index (χ4v) is 2.61. The number of fused-ring (bicyclic) bond motifs is 1. The zero-order chi connectivity index (χ0) is 16.7. The molecule has 0 unspecified atom stereocenters. The first-order valence-corrected chi connectivity index (χ1v) is 8.38. The van der Waals surface area contributed by atoms with Gasteiger partial charge in [0.2, 0.25) is 0 Å². The number of unbranched alkanes of at least 4 members (excludes halogenated alkanes) is 2. The van der Waals surface area contributed by atoms with E-state index in [4.69, 9.17) is 0 Å². The maximum Gasteiger partial charge on any atom is 0.251 e. The van der Waals surface area contributed by atoms with Gasteiger partial charge in [-0.05, 0) is 29.7 Å². The first kappa shape index (κ1) is 17.2. The highest BCUT2D eigenvalue weighted by Crippen LogP contribution is 2.18. The van der Waals surface area contributed by atoms with E-state index in [1.54, 1.807) is 0 Å². The SMILES string of the molecule is CC(C)C(=O)CCCCCNC(=O)c1cccc2ccccc12. The molecule has 0 saturated heterocycles. The van der Waals surface area contributed by atoms with E-state index in [0.29, 0.717) is 18.7 Å². The van der Waals surface area contributed by atoms with E-state index in [1.165, 1.54) is 0 Å². The lowest BCUT2D eigenvalue weighted by molar-refractivity contribution is -0.122. The largest absolute Gasteiger partial charge is 0.352 e. The Kier molecular flexibility index (Phi) is 6.33. The fourth-order valence-electron chi connectivity index (χ4n) is 2.61. The van der Waals surface area contributed by atoms with Crippen LogP contribution in [0.2, 0.25) is 0 Å². The van der Waals surface area contributed by atoms with Gasteiger partial charge in [0.05, 0.1) is 0 Å². The van der Waals surface area contributed by atoms with Crippen LogP contribution in [0.1, 0.15) is 49.9 Å². The number of carbonyl (C=O) groups excluding carboxylic acids is 2. The van der Waals surface area contributed by atoms with Crippen molar-refractivity contribution in [1.82, 2.24) is 5.32 Å². The summed E-state index contributed by atoms with van der Waals surface area (Å²) in [6.45, 7) is 4.53. The lowest BCUT2D eigenvalue weighted by atomic mass is 10.0. The fraction of sp³-hybridized carbons (Fsp3) is 0.400. The summed E-state index contributed by atoms with van der Waals surface area (Å²) in [6, 6.07) is 13.7. The van der Waals surface area contributed by atoms with E-state index in [2.05, 4.69) is 5.32 Å². The Balaban J connectivity index is 1.78. The van der Waals surface area contributed by atoms with Crippen LogP contribution >= 0.6 is 0 Å². The molecule has 3 heteroatoms. The number of amides is 1. The molecule has 2 aromatic rings. The van der Waals surface area contributed by atoms with E-state index in [0.717, 1.165) is 35.6 Å². The average molecular weight is 311 g/mol. The lowest BCUT2D eigenvalue weighted by Crippen LogP contribution is -2.24. The Hall–Kier alpha value is -2.16. The van der Waals surface area contributed by atoms with E-state index in [9.17, 15) is 9.59 Å². The van der Waals surface area contributed by atoms with Crippen molar-refractivity contribution in [3.05, 3.63) is 48.0 Å². The molecule has 0 bridgehead atoms. The first-order chi connectivity index (χ1) is 11.1. The Labute approximate surface area is 138 Å². The molecule has 0 spiro atoms. The summed E-state index contributed by atoms with van der Waals surface area (Å²) in [5.41, 5.74) is 0.720. The zero-order valence-corrected chi connectivity index (χ0v) is 14.0. The first-order valence-electron chi connectivity index (χ1n) is 8.38. The molecule has 0 radical (unpaired) electrons. The minimum absolute atomic E-state index is 0.0277. The minimum atomic E-state index is -0.0277. The van der Waals surface area contributed by atoms with Crippen LogP contribution in [-0.4, -0.2) is 18.2 Å². The molecule has 0 aliphatic rings. The maximum absolute atomic E-state index is 12.3. The van der Waals surface area contributed by atoms with Crippen molar-refractivity contribution in [3.63, 3.8) is 0 Å². The summed E-state index contributed by atoms with van der Waals surface area (Å²) < 4.78 is 0. The van der Waals surface area contributed by atoms with Gasteiger partial charge in [0, 0.05) is 24.4 Å². The molecule has 0 aliphatic carbocycles. The summed E-state index contributed by atoms with van der Waals surface area (Å²) in [5.74, 6) is 0.422. The van der Waals surface area contributed by atoms with Crippen molar-refractivity contribution in [3.8, 4) is 0 Å². The highest BCUT2D eigenvalue weighted by atomic mass is 16.1. The average Bonchev–Trinajstić information content (AvgIpc) is 2.56. The van der Waals surface area contributed by atoms with Gasteiger partial charge in [-0.1, -0.05) is 56.7 Å². The van der Waals surface area contributed by atoms with Crippen LogP contribution in [0.25, 0.3) is 10.8 Å². The second-order valence-corrected chi connectivity index (χ2v) is 6.21. The van der Waals surface area contributed by atoms with Gasteiger partial charge >= 0.3 is 0 Å². The van der Waals surface area contributed by atoms with Gasteiger partial charge in [-0.25, -0.2) is 0 Å². The van der Waals surface area contributed by atoms with Crippen LogP contribution < -0.4 is 5.32 Å². The number of Topliss-reactive ketones (excluding diaryl/α,β-unsaturated/α-hetero) is 1. The van der Waals surface area contributed by atoms with E-state index in [-0.39, 0.29) is 11.8 Å². The smallest absolute Gasteiger partial charge is 0.251 e. The molecule has 23 heavy (non-hydrogen) atoms. The molecule has 122 valence electrons. The Morgan fingerprint density at radius 2 is 1.70 bits per heavy atom. The van der Waals surface area contributed by atoms with Crippen LogP contribution in [0.3, 0.4) is 0 Å². The van der Waals surface area contributed by atoms with Crippen LogP contribution in [-0.2, 0) is 4.79 Å². The molecular weight excluding hydrogens is 286 g/mol. The number of carbonyl (C=O) groups is 2. The van der Waals surface area contributed by atoms with E-state index in [1.807, 2.05) is 56.3 Å². The van der Waals surface area contributed by atoms with E-state index >= 15 is 0 Å². The predicted octanol–water partition coefficient (Wildman–Crippen LogP) is 4.36. The van der Waals surface area contributed by atoms with Gasteiger partial charge in [-0.2, -0.15) is 0 Å². The number of hydrogen-bond donors (Lipinski definition) is 1. The Bertz CT molecular complexity index is 671. The second kappa shape index (κ2) is 8.47. The number of nitrogens with one attached hydrogen (secondary N) is 1. The number of rotatable bonds is 8. The third-order valence-electron chi connectivity index (χ3n) is 4.06. The lowest BCUT2D eigenvalue weighted by Gasteiger charge is -2.08. The molecule has 2 rings (SSSR count). The molecule has 0 aromatic heterocycles. The van der Waals surface area contributed by atoms with Gasteiger partial charge in [0.1, 0.15) is 5.78 Å². The highest BCUT2D eigenvalue weighted by molar-refractivity contribution is 6.06. The van der Waals surface area contributed by atoms with Gasteiger partial charge in [0.15, 0.2) is 0 Å². The van der Waals surface area contributed by atoms with Gasteiger partial charge in [0.25, 0.3) is 5.91 Å². The summed E-state index contributed by atoms with van der Waals surface area (Å²) in [6.07, 6.45) is 3.42. The highest BCUT2D eigenvalue weighted by Gasteiger charge is 2.09. The molecule has 0 atom stereocenters. The van der Waals surface area contributed by atoms with Crippen molar-refractivity contribution < 1.29 is 9.59 Å². The topological polar surface area (TPSA) is 46.2 Å². The van der Waals surface area contributed by atoms with Crippen molar-refractivity contribution in [2.24, 2.45) is 5.92 Å². The molecule has 0 fully saturated rings. The van der Waals surface area contributed by atoms with Crippen LogP contribution in [0.15, 0.2) is 42.5 Å². The molecule has 0 saturated carbocycles. The third kappa shape index (κ3) is 4.92. The number of benzene rings is 2. The number of ketones is 1.